The van der Waals surface area contributed by atoms with Crippen LogP contribution in [-0.4, -0.2) is 54.9 Å². The molecule has 2 amide bonds. The van der Waals surface area contributed by atoms with Crippen molar-refractivity contribution < 1.29 is 14.1 Å². The Kier molecular flexibility index (Phi) is 12.8. The number of fused-ring (bicyclic) bond motifs is 1. The minimum absolute atomic E-state index is 0.132. The maximum Gasteiger partial charge on any atom is 0.261 e. The van der Waals surface area contributed by atoms with Crippen LogP contribution in [0.15, 0.2) is 24.3 Å². The van der Waals surface area contributed by atoms with Crippen LogP contribution in [0.5, 0.6) is 0 Å². The number of rotatable bonds is 19. The highest BCUT2D eigenvalue weighted by atomic mass is 16.2. The standard InChI is InChI=1S/C29H49N2O2/c1-4-5-6-7-8-9-10-11-12-13-14-15-16-19-24-31(2,3)25-20-23-30-28(32)26-21-17-18-22-27(26)29(30)33/h17-18,21-22H,4-16,19-20,23-25H2,1-3H3/q+1. The van der Waals surface area contributed by atoms with E-state index in [9.17, 15) is 9.59 Å². The van der Waals surface area contributed by atoms with Crippen LogP contribution in [0, 0.1) is 0 Å². The van der Waals surface area contributed by atoms with Gasteiger partial charge in [-0.05, 0) is 25.0 Å². The fraction of sp³-hybridized carbons (Fsp3) is 0.724. The summed E-state index contributed by atoms with van der Waals surface area (Å²) in [5.41, 5.74) is 1.11. The van der Waals surface area contributed by atoms with Crippen LogP contribution in [-0.2, 0) is 0 Å². The van der Waals surface area contributed by atoms with E-state index in [-0.39, 0.29) is 11.8 Å². The summed E-state index contributed by atoms with van der Waals surface area (Å²) < 4.78 is 0.960. The van der Waals surface area contributed by atoms with E-state index in [1.54, 1.807) is 12.1 Å². The molecule has 1 heterocycles. The summed E-state index contributed by atoms with van der Waals surface area (Å²) in [6.45, 7) is 4.96. The molecule has 0 bridgehead atoms. The summed E-state index contributed by atoms with van der Waals surface area (Å²) in [5, 5.41) is 0. The van der Waals surface area contributed by atoms with Gasteiger partial charge in [0.25, 0.3) is 11.8 Å². The summed E-state index contributed by atoms with van der Waals surface area (Å²) in [6, 6.07) is 7.16. The maximum absolute atomic E-state index is 12.5. The van der Waals surface area contributed by atoms with Gasteiger partial charge in [0.1, 0.15) is 0 Å². The van der Waals surface area contributed by atoms with Gasteiger partial charge < -0.3 is 4.48 Å². The smallest absolute Gasteiger partial charge is 0.261 e. The van der Waals surface area contributed by atoms with Gasteiger partial charge in [0.05, 0.1) is 38.3 Å². The number of benzene rings is 1. The highest BCUT2D eigenvalue weighted by molar-refractivity contribution is 6.21. The molecule has 4 heteroatoms. The van der Waals surface area contributed by atoms with Crippen molar-refractivity contribution in [2.75, 3.05) is 33.7 Å². The lowest BCUT2D eigenvalue weighted by molar-refractivity contribution is -0.890. The van der Waals surface area contributed by atoms with Crippen molar-refractivity contribution in [3.8, 4) is 0 Å². The summed E-state index contributed by atoms with van der Waals surface area (Å²) in [6.07, 6.45) is 20.3. The molecule has 186 valence electrons. The molecule has 1 aromatic rings. The molecule has 0 atom stereocenters. The van der Waals surface area contributed by atoms with Crippen molar-refractivity contribution in [2.24, 2.45) is 0 Å². The molecule has 4 nitrogen and oxygen atoms in total. The first-order chi connectivity index (χ1) is 16.0. The van der Waals surface area contributed by atoms with E-state index >= 15 is 0 Å². The third-order valence-electron chi connectivity index (χ3n) is 7.14. The molecule has 0 saturated heterocycles. The Bertz CT molecular complexity index is 678. The van der Waals surface area contributed by atoms with Crippen LogP contribution in [0.4, 0.5) is 0 Å². The zero-order valence-electron chi connectivity index (χ0n) is 21.7. The Labute approximate surface area is 203 Å². The number of hydrogen-bond donors (Lipinski definition) is 0. The molecular formula is C29H49N2O2+. The topological polar surface area (TPSA) is 37.4 Å². The zero-order chi connectivity index (χ0) is 23.9. The van der Waals surface area contributed by atoms with E-state index in [1.165, 1.54) is 101 Å². The molecule has 2 rings (SSSR count). The average Bonchev–Trinajstić information content (AvgIpc) is 3.04. The van der Waals surface area contributed by atoms with Crippen LogP contribution >= 0.6 is 0 Å². The predicted molar refractivity (Wildman–Crippen MR) is 139 cm³/mol. The highest BCUT2D eigenvalue weighted by Gasteiger charge is 2.34. The molecule has 0 aliphatic carbocycles. The minimum Gasteiger partial charge on any atom is -0.328 e. The number of nitrogens with zero attached hydrogens (tertiary/aromatic N) is 2. The van der Waals surface area contributed by atoms with Gasteiger partial charge in [-0.3, -0.25) is 14.5 Å². The van der Waals surface area contributed by atoms with Crippen LogP contribution in [0.3, 0.4) is 0 Å². The number of carbonyl (C=O) groups excluding carboxylic acids is 2. The fourth-order valence-corrected chi connectivity index (χ4v) is 4.95. The van der Waals surface area contributed by atoms with Gasteiger partial charge >= 0.3 is 0 Å². The monoisotopic (exact) mass is 457 g/mol. The number of carbonyl (C=O) groups is 2. The highest BCUT2D eigenvalue weighted by Crippen LogP contribution is 2.22. The quantitative estimate of drug-likeness (QED) is 0.125. The number of unbranched alkanes of at least 4 members (excludes halogenated alkanes) is 13. The SMILES string of the molecule is CCCCCCCCCCCCCCCC[N+](C)(C)CCCN1C(=O)c2ccccc2C1=O. The molecule has 1 aliphatic heterocycles. The Morgan fingerprint density at radius 2 is 1.00 bits per heavy atom. The molecule has 0 unspecified atom stereocenters. The lowest BCUT2D eigenvalue weighted by atomic mass is 10.0. The molecular weight excluding hydrogens is 408 g/mol. The van der Waals surface area contributed by atoms with Gasteiger partial charge in [0.2, 0.25) is 0 Å². The first-order valence-corrected chi connectivity index (χ1v) is 13.7. The second-order valence-corrected chi connectivity index (χ2v) is 10.6. The normalized spacial score (nSPS) is 13.7. The van der Waals surface area contributed by atoms with Crippen LogP contribution < -0.4 is 0 Å². The first-order valence-electron chi connectivity index (χ1n) is 13.7. The van der Waals surface area contributed by atoms with Crippen molar-refractivity contribution in [3.05, 3.63) is 35.4 Å². The van der Waals surface area contributed by atoms with Crippen molar-refractivity contribution in [2.45, 2.75) is 103 Å². The summed E-state index contributed by atoms with van der Waals surface area (Å²) >= 11 is 0. The first kappa shape index (κ1) is 27.6. The van der Waals surface area contributed by atoms with Gasteiger partial charge in [-0.15, -0.1) is 0 Å². The summed E-state index contributed by atoms with van der Waals surface area (Å²) in [4.78, 5) is 26.4. The number of amides is 2. The van der Waals surface area contributed by atoms with Gasteiger partial charge in [-0.1, -0.05) is 96.1 Å². The lowest BCUT2D eigenvalue weighted by Gasteiger charge is -2.30. The van der Waals surface area contributed by atoms with E-state index in [1.807, 2.05) is 12.1 Å². The van der Waals surface area contributed by atoms with Gasteiger partial charge in [0, 0.05) is 13.0 Å². The summed E-state index contributed by atoms with van der Waals surface area (Å²) in [5.74, 6) is -0.263. The molecule has 1 aliphatic rings. The van der Waals surface area contributed by atoms with Crippen molar-refractivity contribution in [1.29, 1.82) is 0 Å². The Morgan fingerprint density at radius 3 is 1.45 bits per heavy atom. The predicted octanol–water partition coefficient (Wildman–Crippen LogP) is 7.23. The molecule has 1 aromatic carbocycles. The van der Waals surface area contributed by atoms with Crippen LogP contribution in [0.1, 0.15) is 124 Å². The minimum atomic E-state index is -0.132. The molecule has 0 aromatic heterocycles. The van der Waals surface area contributed by atoms with Gasteiger partial charge in [0.15, 0.2) is 0 Å². The Balaban J connectivity index is 1.45. The molecule has 0 saturated carbocycles. The number of imide groups is 1. The molecule has 0 fully saturated rings. The number of quaternary nitrogens is 1. The molecule has 0 radical (unpaired) electrons. The third-order valence-corrected chi connectivity index (χ3v) is 7.14. The van der Waals surface area contributed by atoms with Gasteiger partial charge in [-0.25, -0.2) is 0 Å². The fourth-order valence-electron chi connectivity index (χ4n) is 4.95. The second kappa shape index (κ2) is 15.3. The second-order valence-electron chi connectivity index (χ2n) is 10.6. The van der Waals surface area contributed by atoms with Crippen molar-refractivity contribution >= 4 is 11.8 Å². The van der Waals surface area contributed by atoms with E-state index in [4.69, 9.17) is 0 Å². The average molecular weight is 458 g/mol. The van der Waals surface area contributed by atoms with Crippen molar-refractivity contribution in [1.82, 2.24) is 4.90 Å². The van der Waals surface area contributed by atoms with E-state index in [2.05, 4.69) is 21.0 Å². The van der Waals surface area contributed by atoms with E-state index < -0.39 is 0 Å². The van der Waals surface area contributed by atoms with E-state index in [0.717, 1.165) is 17.4 Å². The number of hydrogen-bond acceptors (Lipinski definition) is 2. The zero-order valence-corrected chi connectivity index (χ0v) is 21.7. The van der Waals surface area contributed by atoms with Gasteiger partial charge in [-0.2, -0.15) is 0 Å². The third kappa shape index (κ3) is 10.00. The molecule has 33 heavy (non-hydrogen) atoms. The Hall–Kier alpha value is -1.68. The summed E-state index contributed by atoms with van der Waals surface area (Å²) in [7, 11) is 4.54. The molecule has 0 N–H and O–H groups in total. The van der Waals surface area contributed by atoms with Crippen molar-refractivity contribution in [3.63, 3.8) is 0 Å². The van der Waals surface area contributed by atoms with E-state index in [0.29, 0.717) is 17.7 Å². The molecule has 0 spiro atoms. The largest absolute Gasteiger partial charge is 0.328 e. The van der Waals surface area contributed by atoms with Crippen LogP contribution in [0.2, 0.25) is 0 Å². The lowest BCUT2D eigenvalue weighted by Crippen LogP contribution is -2.43. The maximum atomic E-state index is 12.5. The van der Waals surface area contributed by atoms with Crippen LogP contribution in [0.25, 0.3) is 0 Å². The Morgan fingerprint density at radius 1 is 0.606 bits per heavy atom.